The van der Waals surface area contributed by atoms with Gasteiger partial charge in [0.05, 0.1) is 48.4 Å². The van der Waals surface area contributed by atoms with Crippen LogP contribution in [0, 0.1) is 0 Å². The van der Waals surface area contributed by atoms with Crippen LogP contribution in [0.15, 0.2) is 401 Å². The second kappa shape index (κ2) is 34.5. The van der Waals surface area contributed by atoms with E-state index in [-0.39, 0.29) is 18.3 Å². The van der Waals surface area contributed by atoms with E-state index in [9.17, 15) is 0 Å². The van der Waals surface area contributed by atoms with Crippen LogP contribution in [0.25, 0.3) is 209 Å². The van der Waals surface area contributed by atoms with Crippen molar-refractivity contribution in [1.29, 1.82) is 0 Å². The largest absolute Gasteiger partial charge is 0.494 e. The summed E-state index contributed by atoms with van der Waals surface area (Å²) in [4.78, 5) is 48.5. The third-order valence-corrected chi connectivity index (χ3v) is 26.6. The second-order valence-electron chi connectivity index (χ2n) is 32.5. The Bertz CT molecular complexity index is 7840. The molecule has 1 fully saturated rings. The number of hydrogen-bond donors (Lipinski definition) is 0. The smallest absolute Gasteiger partial charge is 0.399 e. The van der Waals surface area contributed by atoms with Crippen LogP contribution in [0.2, 0.25) is 5.15 Å². The van der Waals surface area contributed by atoms with Gasteiger partial charge in [-0.25, -0.2) is 39.9 Å². The molecule has 0 bridgehead atoms. The van der Waals surface area contributed by atoms with Crippen molar-refractivity contribution >= 4 is 109 Å². The Morgan fingerprint density at radius 1 is 0.250 bits per heavy atom. The van der Waals surface area contributed by atoms with Crippen LogP contribution in [-0.4, -0.2) is 68.2 Å². The summed E-state index contributed by atoms with van der Waals surface area (Å²) in [5, 5.41) is 5.28. The van der Waals surface area contributed by atoms with Crippen molar-refractivity contribution in [1.82, 2.24) is 49.8 Å². The first kappa shape index (κ1) is 80.1. The zero-order valence-corrected chi connectivity index (χ0v) is 72.6. The van der Waals surface area contributed by atoms with Crippen LogP contribution in [-0.2, 0) is 9.31 Å². The zero-order valence-electron chi connectivity index (χ0n) is 70.2. The monoisotopic (exact) mass is 1700 g/mol. The summed E-state index contributed by atoms with van der Waals surface area (Å²) in [7, 11) is -0.377. The summed E-state index contributed by atoms with van der Waals surface area (Å²) in [5.41, 5.74) is 25.3. The molecule has 23 rings (SSSR count). The molecule has 1 aliphatic heterocycles. The lowest BCUT2D eigenvalue weighted by atomic mass is 9.78. The van der Waals surface area contributed by atoms with E-state index in [1.807, 2.05) is 109 Å². The SMILES string of the molecule is CC1(C)OB(c2ccc(-c3cccc(-c4ccc(-c5nc(-c6ccccc6)nc(-c6ccc(-c7ccccc7)cc6)n5)cc4)c3)cc2)OC1(C)C.Clc1nc2cccnc2c2c1sc1ccccc12.c1ccc(-c2ccc(-c3nc(-c4ccccc4)nc(-c4ccc(-c5cccc(-c6ccc(-c7nc8cccnc8c8c7sc7ccccc78)cc6)c5)cc4)n3)cc2)cc1. The zero-order chi connectivity index (χ0) is 86.2. The first-order valence-electron chi connectivity index (χ1n) is 42.5. The number of fused-ring (bicyclic) bond motifs is 10. The lowest BCUT2D eigenvalue weighted by Gasteiger charge is -2.32. The van der Waals surface area contributed by atoms with E-state index in [1.54, 1.807) is 28.9 Å². The van der Waals surface area contributed by atoms with E-state index in [1.165, 1.54) is 36.7 Å². The number of rotatable bonds is 14. The second-order valence-corrected chi connectivity index (χ2v) is 35.0. The topological polar surface area (TPSA) is 147 Å². The molecular weight excluding hydrogens is 1630 g/mol. The molecule has 1 saturated heterocycles. The highest BCUT2D eigenvalue weighted by atomic mass is 35.5. The van der Waals surface area contributed by atoms with Gasteiger partial charge in [0.25, 0.3) is 0 Å². The van der Waals surface area contributed by atoms with Crippen molar-refractivity contribution in [3.8, 4) is 146 Å². The quantitative estimate of drug-likeness (QED) is 0.0754. The van der Waals surface area contributed by atoms with Gasteiger partial charge in [-0.3, -0.25) is 9.97 Å². The summed E-state index contributed by atoms with van der Waals surface area (Å²) in [6, 6.07) is 134. The number of thiophene rings is 2. The van der Waals surface area contributed by atoms with Gasteiger partial charge in [-0.15, -0.1) is 22.7 Å². The molecule has 0 aliphatic carbocycles. The van der Waals surface area contributed by atoms with Crippen LogP contribution >= 0.6 is 34.3 Å². The van der Waals surface area contributed by atoms with Crippen molar-refractivity contribution in [3.05, 3.63) is 406 Å². The van der Waals surface area contributed by atoms with E-state index in [4.69, 9.17) is 60.8 Å². The Kier molecular flexibility index (Phi) is 21.6. The Balaban J connectivity index is 0.000000131. The predicted molar refractivity (Wildman–Crippen MR) is 529 cm³/mol. The minimum atomic E-state index is -0.377. The van der Waals surface area contributed by atoms with Gasteiger partial charge in [-0.1, -0.05) is 351 Å². The summed E-state index contributed by atoms with van der Waals surface area (Å²) in [6.07, 6.45) is 3.65. The predicted octanol–water partition coefficient (Wildman–Crippen LogP) is 28.7. The van der Waals surface area contributed by atoms with Crippen molar-refractivity contribution in [2.24, 2.45) is 0 Å². The van der Waals surface area contributed by atoms with Crippen LogP contribution in [0.1, 0.15) is 27.7 Å². The van der Waals surface area contributed by atoms with E-state index < -0.39 is 0 Å². The molecule has 0 saturated carbocycles. The molecule has 0 radical (unpaired) electrons. The van der Waals surface area contributed by atoms with Gasteiger partial charge in [-0.2, -0.15) is 0 Å². The van der Waals surface area contributed by atoms with Crippen LogP contribution in [0.4, 0.5) is 0 Å². The maximum absolute atomic E-state index is 6.28. The van der Waals surface area contributed by atoms with Crippen molar-refractivity contribution < 1.29 is 9.31 Å². The number of hydrogen-bond acceptors (Lipinski definition) is 14. The van der Waals surface area contributed by atoms with Crippen molar-refractivity contribution in [2.75, 3.05) is 0 Å². The minimum absolute atomic E-state index is 0.370. The molecule has 128 heavy (non-hydrogen) atoms. The van der Waals surface area contributed by atoms with Gasteiger partial charge in [0.15, 0.2) is 34.9 Å². The van der Waals surface area contributed by atoms with Gasteiger partial charge in [0.2, 0.25) is 0 Å². The average molecular weight is 1710 g/mol. The summed E-state index contributed by atoms with van der Waals surface area (Å²) < 4.78 is 17.2. The fourth-order valence-corrected chi connectivity index (χ4v) is 19.0. The average Bonchev–Trinajstić information content (AvgIpc) is 1.57. The molecule has 0 spiro atoms. The van der Waals surface area contributed by atoms with Crippen molar-refractivity contribution in [2.45, 2.75) is 38.9 Å². The number of aromatic nitrogens is 10. The highest BCUT2D eigenvalue weighted by molar-refractivity contribution is 7.27. The first-order chi connectivity index (χ1) is 62.8. The maximum atomic E-state index is 6.28. The van der Waals surface area contributed by atoms with Gasteiger partial charge in [-0.05, 0) is 148 Å². The standard InChI is InChI=1S/C53H33N5S.C45H38BN3O2.C14H7ClN2S/c1-3-11-34(12-4-1)35-22-28-40(29-23-35)52-56-51(39-13-5-2-6-14-39)57-53(58-52)41-30-24-37(25-31-41)43-16-9-15-42(33-43)36-20-26-38(27-21-36)48-50-47(44-17-7-8-19-46(44)59-50)49-45(55-48)18-10-32-54-49;1-44(2)45(3,4)51-46(50-44)40-28-26-34(27-29-40)39-17-11-16-38(30-39)33-20-24-37(25-21-33)43-48-41(35-14-9-6-10-15-35)47-42(49-43)36-22-18-32(19-23-36)31-12-7-5-8-13-31;15-14-13-11(8-4-1-2-6-10(8)18-13)12-9(17-14)5-3-7-16-12/h1-33H;5-30H,1-4H3;1-7H. The lowest BCUT2D eigenvalue weighted by molar-refractivity contribution is 0.00578. The van der Waals surface area contributed by atoms with E-state index in [2.05, 4.69) is 323 Å². The highest BCUT2D eigenvalue weighted by Gasteiger charge is 2.51. The Hall–Kier alpha value is -15.1. The Morgan fingerprint density at radius 2 is 0.523 bits per heavy atom. The first-order valence-corrected chi connectivity index (χ1v) is 44.5. The Labute approximate surface area is 753 Å². The van der Waals surface area contributed by atoms with Gasteiger partial charge >= 0.3 is 7.12 Å². The number of benzene rings is 14. The molecular formula is C112H78BClN10O2S2. The molecule has 12 nitrogen and oxygen atoms in total. The maximum Gasteiger partial charge on any atom is 0.494 e. The van der Waals surface area contributed by atoms with E-state index >= 15 is 0 Å². The van der Waals surface area contributed by atoms with Gasteiger partial charge in [0, 0.05) is 82.3 Å². The summed E-state index contributed by atoms with van der Waals surface area (Å²) in [5.74, 6) is 3.82. The van der Waals surface area contributed by atoms with E-state index in [0.717, 1.165) is 143 Å². The fourth-order valence-electron chi connectivity index (χ4n) is 16.4. The van der Waals surface area contributed by atoms with Crippen LogP contribution in [0.5, 0.6) is 0 Å². The van der Waals surface area contributed by atoms with E-state index in [0.29, 0.717) is 40.1 Å². The molecule has 8 aromatic heterocycles. The highest BCUT2D eigenvalue weighted by Crippen LogP contribution is 2.45. The summed E-state index contributed by atoms with van der Waals surface area (Å²) >= 11 is 9.73. The molecule has 0 N–H and O–H groups in total. The fraction of sp³-hybridized carbons (Fsp3) is 0.0536. The third kappa shape index (κ3) is 16.2. The molecule has 9 heterocycles. The molecule has 1 aliphatic rings. The molecule has 0 amide bonds. The minimum Gasteiger partial charge on any atom is -0.399 e. The lowest BCUT2D eigenvalue weighted by Crippen LogP contribution is -2.41. The normalized spacial score (nSPS) is 12.8. The number of halogens is 1. The number of nitrogens with zero attached hydrogens (tertiary/aromatic N) is 10. The third-order valence-electron chi connectivity index (χ3n) is 23.9. The molecule has 610 valence electrons. The van der Waals surface area contributed by atoms with Crippen LogP contribution in [0.3, 0.4) is 0 Å². The van der Waals surface area contributed by atoms with Gasteiger partial charge < -0.3 is 9.31 Å². The molecule has 16 heteroatoms. The van der Waals surface area contributed by atoms with Crippen molar-refractivity contribution in [3.63, 3.8) is 0 Å². The number of pyridine rings is 4. The Morgan fingerprint density at radius 3 is 0.898 bits per heavy atom. The summed E-state index contributed by atoms with van der Waals surface area (Å²) in [6.45, 7) is 8.31. The molecule has 22 aromatic rings. The molecule has 0 atom stereocenters. The molecule has 14 aromatic carbocycles. The molecule has 0 unspecified atom stereocenters. The van der Waals surface area contributed by atoms with Gasteiger partial charge in [0.1, 0.15) is 5.15 Å². The van der Waals surface area contributed by atoms with Crippen LogP contribution < -0.4 is 5.46 Å².